The molecule has 4 nitrogen and oxygen atoms in total. The van der Waals surface area contributed by atoms with Gasteiger partial charge in [-0.1, -0.05) is 13.3 Å². The standard InChI is InChI=1S/C13H19NO3/c1-8-3-2-4-11-10(5-8)9(7-14-11)6-12(15)13(16)17/h8-9,14H,2-7H2,1H3,(H,16,17)/t8-,9?/m0/s1. The van der Waals surface area contributed by atoms with Gasteiger partial charge >= 0.3 is 5.97 Å². The first-order chi connectivity index (χ1) is 8.08. The molecule has 0 spiro atoms. The van der Waals surface area contributed by atoms with Gasteiger partial charge in [-0.05, 0) is 30.8 Å². The first kappa shape index (κ1) is 12.1. The van der Waals surface area contributed by atoms with E-state index in [0.717, 1.165) is 19.4 Å². The Morgan fingerprint density at radius 2 is 2.24 bits per heavy atom. The van der Waals surface area contributed by atoms with Crippen LogP contribution in [0.5, 0.6) is 0 Å². The summed E-state index contributed by atoms with van der Waals surface area (Å²) in [6.45, 7) is 2.96. The minimum atomic E-state index is -1.30. The van der Waals surface area contributed by atoms with Gasteiger partial charge in [-0.2, -0.15) is 0 Å². The fourth-order valence-corrected chi connectivity index (χ4v) is 2.88. The highest BCUT2D eigenvalue weighted by Crippen LogP contribution is 2.35. The number of nitrogens with one attached hydrogen (secondary N) is 1. The number of carbonyl (C=O) groups is 2. The summed E-state index contributed by atoms with van der Waals surface area (Å²) >= 11 is 0. The molecule has 2 atom stereocenters. The lowest BCUT2D eigenvalue weighted by Crippen LogP contribution is -2.21. The predicted molar refractivity (Wildman–Crippen MR) is 63.4 cm³/mol. The van der Waals surface area contributed by atoms with E-state index < -0.39 is 11.8 Å². The van der Waals surface area contributed by atoms with Crippen molar-refractivity contribution in [3.63, 3.8) is 0 Å². The minimum absolute atomic E-state index is 0.106. The first-order valence-electron chi connectivity index (χ1n) is 6.30. The molecule has 2 N–H and O–H groups in total. The summed E-state index contributed by atoms with van der Waals surface area (Å²) in [5.74, 6) is -1.22. The van der Waals surface area contributed by atoms with E-state index in [1.54, 1.807) is 0 Å². The maximum absolute atomic E-state index is 11.3. The molecule has 0 radical (unpaired) electrons. The number of Topliss-reactive ketones (excluding diaryl/α,β-unsaturated/α-hetero) is 1. The Hall–Kier alpha value is -1.32. The van der Waals surface area contributed by atoms with Gasteiger partial charge in [0.2, 0.25) is 5.78 Å². The number of hydrogen-bond donors (Lipinski definition) is 2. The molecule has 0 saturated heterocycles. The van der Waals surface area contributed by atoms with E-state index in [2.05, 4.69) is 12.2 Å². The molecule has 0 aromatic heterocycles. The van der Waals surface area contributed by atoms with Gasteiger partial charge in [-0.25, -0.2) is 4.79 Å². The zero-order valence-electron chi connectivity index (χ0n) is 10.2. The van der Waals surface area contributed by atoms with Gasteiger partial charge in [-0.15, -0.1) is 0 Å². The molecule has 0 saturated carbocycles. The molecule has 0 aromatic carbocycles. The Balaban J connectivity index is 2.07. The number of allylic oxidation sites excluding steroid dienone is 1. The number of ketones is 1. The fraction of sp³-hybridized carbons (Fsp3) is 0.692. The van der Waals surface area contributed by atoms with Crippen molar-refractivity contribution in [1.82, 2.24) is 5.32 Å². The van der Waals surface area contributed by atoms with Gasteiger partial charge < -0.3 is 10.4 Å². The van der Waals surface area contributed by atoms with E-state index >= 15 is 0 Å². The van der Waals surface area contributed by atoms with Crippen LogP contribution in [0.15, 0.2) is 11.3 Å². The Kier molecular flexibility index (Phi) is 3.50. The molecule has 1 aliphatic heterocycles. The minimum Gasteiger partial charge on any atom is -0.476 e. The summed E-state index contributed by atoms with van der Waals surface area (Å²) in [6.07, 6.45) is 4.62. The van der Waals surface area contributed by atoms with E-state index in [9.17, 15) is 9.59 Å². The highest BCUT2D eigenvalue weighted by molar-refractivity contribution is 6.32. The van der Waals surface area contributed by atoms with Crippen molar-refractivity contribution in [2.24, 2.45) is 11.8 Å². The highest BCUT2D eigenvalue weighted by Gasteiger charge is 2.30. The normalized spacial score (nSPS) is 28.3. The zero-order valence-corrected chi connectivity index (χ0v) is 10.2. The maximum Gasteiger partial charge on any atom is 0.372 e. The van der Waals surface area contributed by atoms with Gasteiger partial charge in [-0.3, -0.25) is 4.79 Å². The van der Waals surface area contributed by atoms with Crippen LogP contribution in [0, 0.1) is 11.8 Å². The van der Waals surface area contributed by atoms with Crippen molar-refractivity contribution in [2.45, 2.75) is 39.0 Å². The number of rotatable bonds is 3. The number of carboxylic acid groups (broad SMARTS) is 1. The van der Waals surface area contributed by atoms with Gasteiger partial charge in [0, 0.05) is 24.6 Å². The summed E-state index contributed by atoms with van der Waals surface area (Å²) in [7, 11) is 0. The van der Waals surface area contributed by atoms with Crippen LogP contribution in [0.2, 0.25) is 0 Å². The average Bonchev–Trinajstić information content (AvgIpc) is 2.53. The third-order valence-electron chi connectivity index (χ3n) is 3.80. The van der Waals surface area contributed by atoms with Crippen LogP contribution in [0.1, 0.15) is 39.0 Å². The smallest absolute Gasteiger partial charge is 0.372 e. The van der Waals surface area contributed by atoms with Gasteiger partial charge in [0.1, 0.15) is 0 Å². The van der Waals surface area contributed by atoms with Crippen LogP contribution in [0.3, 0.4) is 0 Å². The molecule has 0 amide bonds. The molecule has 94 valence electrons. The Morgan fingerprint density at radius 1 is 1.47 bits per heavy atom. The van der Waals surface area contributed by atoms with E-state index in [1.165, 1.54) is 24.1 Å². The molecule has 2 rings (SSSR count). The van der Waals surface area contributed by atoms with Gasteiger partial charge in [0.15, 0.2) is 0 Å². The van der Waals surface area contributed by atoms with Crippen LogP contribution >= 0.6 is 0 Å². The lowest BCUT2D eigenvalue weighted by Gasteiger charge is -2.15. The second kappa shape index (κ2) is 4.90. The van der Waals surface area contributed by atoms with Crippen molar-refractivity contribution in [3.05, 3.63) is 11.3 Å². The second-order valence-corrected chi connectivity index (χ2v) is 5.22. The molecule has 4 heteroatoms. The molecule has 1 unspecified atom stereocenters. The van der Waals surface area contributed by atoms with E-state index in [1.807, 2.05) is 0 Å². The van der Waals surface area contributed by atoms with Crippen molar-refractivity contribution < 1.29 is 14.7 Å². The average molecular weight is 237 g/mol. The number of carboxylic acids is 1. The predicted octanol–water partition coefficient (Wildman–Crippen LogP) is 1.71. The monoisotopic (exact) mass is 237 g/mol. The third-order valence-corrected chi connectivity index (χ3v) is 3.80. The van der Waals surface area contributed by atoms with Gasteiger partial charge in [0.05, 0.1) is 0 Å². The Bertz CT molecular complexity index is 373. The lowest BCUT2D eigenvalue weighted by atomic mass is 9.89. The van der Waals surface area contributed by atoms with Crippen LogP contribution in [0.4, 0.5) is 0 Å². The number of aliphatic carboxylic acids is 1. The van der Waals surface area contributed by atoms with Crippen molar-refractivity contribution in [1.29, 1.82) is 0 Å². The van der Waals surface area contributed by atoms with Crippen molar-refractivity contribution in [3.8, 4) is 0 Å². The molecular formula is C13H19NO3. The maximum atomic E-state index is 11.3. The van der Waals surface area contributed by atoms with Crippen LogP contribution in [-0.4, -0.2) is 23.4 Å². The molecule has 2 aliphatic rings. The first-order valence-corrected chi connectivity index (χ1v) is 6.30. The summed E-state index contributed by atoms with van der Waals surface area (Å²) < 4.78 is 0. The molecule has 1 aliphatic carbocycles. The lowest BCUT2D eigenvalue weighted by molar-refractivity contribution is -0.149. The van der Waals surface area contributed by atoms with Crippen molar-refractivity contribution in [2.75, 3.05) is 6.54 Å². The molecular weight excluding hydrogens is 218 g/mol. The fourth-order valence-electron chi connectivity index (χ4n) is 2.88. The van der Waals surface area contributed by atoms with Crippen LogP contribution < -0.4 is 5.32 Å². The summed E-state index contributed by atoms with van der Waals surface area (Å²) in [5.41, 5.74) is 2.59. The zero-order chi connectivity index (χ0) is 12.4. The van der Waals surface area contributed by atoms with Crippen LogP contribution in [-0.2, 0) is 9.59 Å². The second-order valence-electron chi connectivity index (χ2n) is 5.22. The number of hydrogen-bond acceptors (Lipinski definition) is 3. The van der Waals surface area contributed by atoms with Gasteiger partial charge in [0.25, 0.3) is 0 Å². The Labute approximate surface area is 101 Å². The largest absolute Gasteiger partial charge is 0.476 e. The van der Waals surface area contributed by atoms with Crippen LogP contribution in [0.25, 0.3) is 0 Å². The van der Waals surface area contributed by atoms with E-state index in [0.29, 0.717) is 5.92 Å². The third kappa shape index (κ3) is 2.68. The molecule has 17 heavy (non-hydrogen) atoms. The highest BCUT2D eigenvalue weighted by atomic mass is 16.4. The SMILES string of the molecule is C[C@H]1CCCC2=C(C1)C(CC(=O)C(=O)O)CN2. The molecule has 1 heterocycles. The molecule has 0 fully saturated rings. The summed E-state index contributed by atoms with van der Waals surface area (Å²) in [5, 5.41) is 12.0. The number of carbonyl (C=O) groups excluding carboxylic acids is 1. The summed E-state index contributed by atoms with van der Waals surface area (Å²) in [4.78, 5) is 21.9. The van der Waals surface area contributed by atoms with E-state index in [4.69, 9.17) is 5.11 Å². The Morgan fingerprint density at radius 3 is 2.94 bits per heavy atom. The summed E-state index contributed by atoms with van der Waals surface area (Å²) in [6, 6.07) is 0. The topological polar surface area (TPSA) is 66.4 Å². The quantitative estimate of drug-likeness (QED) is 0.733. The molecule has 0 aromatic rings. The van der Waals surface area contributed by atoms with E-state index in [-0.39, 0.29) is 12.3 Å². The molecule has 0 bridgehead atoms. The van der Waals surface area contributed by atoms with Crippen molar-refractivity contribution >= 4 is 11.8 Å².